The molecule has 0 aliphatic rings. The maximum atomic E-state index is 12.9. The Bertz CT molecular complexity index is 797. The van der Waals surface area contributed by atoms with E-state index in [1.807, 2.05) is 51.1 Å². The van der Waals surface area contributed by atoms with E-state index in [0.717, 1.165) is 5.56 Å². The Morgan fingerprint density at radius 1 is 1.00 bits per heavy atom. The van der Waals surface area contributed by atoms with Crippen molar-refractivity contribution in [2.24, 2.45) is 5.41 Å². The number of hydrogen-bond acceptors (Lipinski definition) is 5. The molecule has 158 valence electrons. The standard InChI is InChI=1S/C22H33N3O3Si/c1-21(2,3)18(28-29(7)8)16-14-23-19(24-15-16)25(17-12-10-9-11-13-17)20(26)27-22(4,5)6/h9-15,18,29H,1-8H3. The lowest BCUT2D eigenvalue weighted by molar-refractivity contribution is 0.0597. The van der Waals surface area contributed by atoms with E-state index in [2.05, 4.69) is 43.8 Å². The molecule has 0 spiro atoms. The molecule has 0 fully saturated rings. The van der Waals surface area contributed by atoms with E-state index in [9.17, 15) is 4.79 Å². The Hall–Kier alpha value is -2.25. The van der Waals surface area contributed by atoms with Gasteiger partial charge in [-0.1, -0.05) is 39.0 Å². The molecule has 0 saturated heterocycles. The second kappa shape index (κ2) is 9.05. The van der Waals surface area contributed by atoms with Crippen LogP contribution in [0, 0.1) is 5.41 Å². The molecule has 2 rings (SSSR count). The third-order valence-electron chi connectivity index (χ3n) is 3.95. The molecule has 0 bridgehead atoms. The molecule has 0 N–H and O–H groups in total. The van der Waals surface area contributed by atoms with Gasteiger partial charge in [0, 0.05) is 18.0 Å². The largest absolute Gasteiger partial charge is 0.443 e. The summed E-state index contributed by atoms with van der Waals surface area (Å²) in [5.74, 6) is 0.267. The fourth-order valence-electron chi connectivity index (χ4n) is 2.82. The SMILES string of the molecule is C[SiH](C)OC(c1cnc(N(C(=O)OC(C)(C)C)c2ccccc2)nc1)C(C)(C)C. The maximum absolute atomic E-state index is 12.9. The first-order chi connectivity index (χ1) is 13.4. The van der Waals surface area contributed by atoms with E-state index in [4.69, 9.17) is 9.16 Å². The number of aromatic nitrogens is 2. The van der Waals surface area contributed by atoms with Gasteiger partial charge in [-0.25, -0.2) is 19.7 Å². The molecule has 6 nitrogen and oxygen atoms in total. The Balaban J connectivity index is 2.41. The first-order valence-electron chi connectivity index (χ1n) is 9.94. The van der Waals surface area contributed by atoms with Crippen LogP contribution < -0.4 is 4.90 Å². The minimum absolute atomic E-state index is 0.0908. The van der Waals surface area contributed by atoms with Crippen LogP contribution in [0.1, 0.15) is 53.2 Å². The predicted octanol–water partition coefficient (Wildman–Crippen LogP) is 5.64. The number of nitrogens with zero attached hydrogens (tertiary/aromatic N) is 3. The molecule has 1 amide bonds. The molecule has 7 heteroatoms. The van der Waals surface area contributed by atoms with Gasteiger partial charge in [0.15, 0.2) is 9.04 Å². The fraction of sp³-hybridized carbons (Fsp3) is 0.500. The number of rotatable bonds is 5. The van der Waals surface area contributed by atoms with Crippen molar-refractivity contribution < 1.29 is 14.0 Å². The Labute approximate surface area is 176 Å². The lowest BCUT2D eigenvalue weighted by Gasteiger charge is -2.32. The van der Waals surface area contributed by atoms with Crippen LogP contribution in [0.25, 0.3) is 0 Å². The van der Waals surface area contributed by atoms with Crippen LogP contribution in [-0.4, -0.2) is 30.7 Å². The van der Waals surface area contributed by atoms with Crippen LogP contribution in [0.5, 0.6) is 0 Å². The Morgan fingerprint density at radius 2 is 1.55 bits per heavy atom. The molecular formula is C22H33N3O3Si. The highest BCUT2D eigenvalue weighted by Crippen LogP contribution is 2.36. The van der Waals surface area contributed by atoms with E-state index >= 15 is 0 Å². The van der Waals surface area contributed by atoms with E-state index in [1.54, 1.807) is 12.4 Å². The number of ether oxygens (including phenoxy) is 1. The van der Waals surface area contributed by atoms with E-state index in [1.165, 1.54) is 4.90 Å². The molecule has 2 aromatic rings. The molecule has 0 aliphatic carbocycles. The summed E-state index contributed by atoms with van der Waals surface area (Å²) in [6.07, 6.45) is 2.87. The van der Waals surface area contributed by atoms with Gasteiger partial charge in [0.05, 0.1) is 11.8 Å². The summed E-state index contributed by atoms with van der Waals surface area (Å²) in [5, 5.41) is 0. The van der Waals surface area contributed by atoms with Gasteiger partial charge in [-0.3, -0.25) is 0 Å². The third-order valence-corrected chi connectivity index (χ3v) is 4.76. The Kier molecular flexibility index (Phi) is 7.18. The average molecular weight is 416 g/mol. The molecule has 0 aliphatic heterocycles. The molecule has 1 unspecified atom stereocenters. The topological polar surface area (TPSA) is 64.5 Å². The lowest BCUT2D eigenvalue weighted by atomic mass is 9.86. The number of carbonyl (C=O) groups excluding carboxylic acids is 1. The summed E-state index contributed by atoms with van der Waals surface area (Å²) >= 11 is 0. The highest BCUT2D eigenvalue weighted by atomic mass is 28.3. The smallest absolute Gasteiger partial charge is 0.421 e. The van der Waals surface area contributed by atoms with Crippen molar-refractivity contribution in [2.45, 2.75) is 66.3 Å². The second-order valence-electron chi connectivity index (χ2n) is 9.40. The summed E-state index contributed by atoms with van der Waals surface area (Å²) in [6.45, 7) is 16.2. The first kappa shape index (κ1) is 23.0. The van der Waals surface area contributed by atoms with Crippen molar-refractivity contribution in [2.75, 3.05) is 4.90 Å². The Morgan fingerprint density at radius 3 is 2.00 bits per heavy atom. The first-order valence-corrected chi connectivity index (χ1v) is 12.7. The third kappa shape index (κ3) is 6.64. The fourth-order valence-corrected chi connectivity index (χ4v) is 3.93. The lowest BCUT2D eigenvalue weighted by Crippen LogP contribution is -2.35. The second-order valence-corrected chi connectivity index (χ2v) is 11.8. The van der Waals surface area contributed by atoms with Crippen LogP contribution in [0.3, 0.4) is 0 Å². The molecule has 1 aromatic heterocycles. The molecule has 1 heterocycles. The van der Waals surface area contributed by atoms with Gasteiger partial charge in [0.1, 0.15) is 5.60 Å². The minimum Gasteiger partial charge on any atom is -0.443 e. The molecule has 1 atom stereocenters. The number of benzene rings is 1. The van der Waals surface area contributed by atoms with Gasteiger partial charge < -0.3 is 9.16 Å². The van der Waals surface area contributed by atoms with Gasteiger partial charge in [-0.15, -0.1) is 0 Å². The van der Waals surface area contributed by atoms with Crippen molar-refractivity contribution in [3.05, 3.63) is 48.3 Å². The van der Waals surface area contributed by atoms with Crippen LogP contribution in [0.2, 0.25) is 13.1 Å². The molecule has 0 saturated carbocycles. The monoisotopic (exact) mass is 415 g/mol. The van der Waals surface area contributed by atoms with Gasteiger partial charge in [-0.05, 0) is 51.4 Å². The zero-order valence-corrected chi connectivity index (χ0v) is 19.9. The van der Waals surface area contributed by atoms with Crippen LogP contribution in [-0.2, 0) is 9.16 Å². The summed E-state index contributed by atoms with van der Waals surface area (Å²) in [7, 11) is -1.26. The maximum Gasteiger partial charge on any atom is 0.421 e. The molecular weight excluding hydrogens is 382 g/mol. The van der Waals surface area contributed by atoms with Crippen molar-refractivity contribution in [3.8, 4) is 0 Å². The van der Waals surface area contributed by atoms with Gasteiger partial charge in [0.25, 0.3) is 0 Å². The summed E-state index contributed by atoms with van der Waals surface area (Å²) in [4.78, 5) is 23.3. The number of anilines is 2. The van der Waals surface area contributed by atoms with Crippen molar-refractivity contribution in [1.29, 1.82) is 0 Å². The highest BCUT2D eigenvalue weighted by Gasteiger charge is 2.30. The van der Waals surface area contributed by atoms with Gasteiger partial charge >= 0.3 is 6.09 Å². The van der Waals surface area contributed by atoms with Crippen molar-refractivity contribution >= 4 is 26.8 Å². The number of hydrogen-bond donors (Lipinski definition) is 0. The quantitative estimate of drug-likeness (QED) is 0.592. The van der Waals surface area contributed by atoms with Crippen LogP contribution in [0.4, 0.5) is 16.4 Å². The number of amides is 1. The number of para-hydroxylation sites is 1. The zero-order valence-electron chi connectivity index (χ0n) is 18.8. The van der Waals surface area contributed by atoms with E-state index < -0.39 is 20.7 Å². The molecule has 29 heavy (non-hydrogen) atoms. The van der Waals surface area contributed by atoms with Crippen LogP contribution >= 0.6 is 0 Å². The van der Waals surface area contributed by atoms with Gasteiger partial charge in [-0.2, -0.15) is 0 Å². The summed E-state index contributed by atoms with van der Waals surface area (Å²) < 4.78 is 11.8. The van der Waals surface area contributed by atoms with Crippen molar-refractivity contribution in [1.82, 2.24) is 9.97 Å². The summed E-state index contributed by atoms with van der Waals surface area (Å²) in [5.41, 5.74) is 0.830. The predicted molar refractivity (Wildman–Crippen MR) is 119 cm³/mol. The number of carbonyl (C=O) groups is 1. The van der Waals surface area contributed by atoms with Gasteiger partial charge in [0.2, 0.25) is 5.95 Å². The highest BCUT2D eigenvalue weighted by molar-refractivity contribution is 6.48. The molecule has 1 aromatic carbocycles. The summed E-state index contributed by atoms with van der Waals surface area (Å²) in [6, 6.07) is 9.26. The van der Waals surface area contributed by atoms with Crippen molar-refractivity contribution in [3.63, 3.8) is 0 Å². The zero-order chi connectivity index (χ0) is 21.8. The van der Waals surface area contributed by atoms with E-state index in [0.29, 0.717) is 5.69 Å². The minimum atomic E-state index is -1.26. The normalized spacial score (nSPS) is 13.3. The van der Waals surface area contributed by atoms with E-state index in [-0.39, 0.29) is 17.5 Å². The average Bonchev–Trinajstić information content (AvgIpc) is 2.59. The van der Waals surface area contributed by atoms with Crippen LogP contribution in [0.15, 0.2) is 42.7 Å². The molecule has 0 radical (unpaired) electrons.